The van der Waals surface area contributed by atoms with Crippen LogP contribution in [0.25, 0.3) is 0 Å². The molecule has 1 unspecified atom stereocenters. The second-order valence-corrected chi connectivity index (χ2v) is 4.32. The van der Waals surface area contributed by atoms with Crippen molar-refractivity contribution in [2.45, 2.75) is 39.7 Å². The number of ether oxygens (including phenoxy) is 1. The van der Waals surface area contributed by atoms with Crippen LogP contribution in [0.2, 0.25) is 0 Å². The van der Waals surface area contributed by atoms with E-state index in [4.69, 9.17) is 10.5 Å². The zero-order valence-corrected chi connectivity index (χ0v) is 10.6. The SMILES string of the molecule is CCC(CC)COc1ccccc1C(C)N. The van der Waals surface area contributed by atoms with E-state index in [1.165, 1.54) is 0 Å². The Hall–Kier alpha value is -1.02. The molecular formula is C14H23NO. The Morgan fingerprint density at radius 2 is 1.81 bits per heavy atom. The fourth-order valence-corrected chi connectivity index (χ4v) is 1.72. The van der Waals surface area contributed by atoms with Crippen LogP contribution in [0.4, 0.5) is 0 Å². The second kappa shape index (κ2) is 6.54. The maximum absolute atomic E-state index is 5.91. The third-order valence-electron chi connectivity index (χ3n) is 3.04. The van der Waals surface area contributed by atoms with Gasteiger partial charge in [-0.2, -0.15) is 0 Å². The number of nitrogens with two attached hydrogens (primary N) is 1. The highest BCUT2D eigenvalue weighted by Crippen LogP contribution is 2.24. The Morgan fingerprint density at radius 3 is 2.38 bits per heavy atom. The van der Waals surface area contributed by atoms with Gasteiger partial charge in [0.05, 0.1) is 6.61 Å². The molecule has 0 spiro atoms. The number of rotatable bonds is 6. The van der Waals surface area contributed by atoms with Crippen LogP contribution in [0, 0.1) is 5.92 Å². The summed E-state index contributed by atoms with van der Waals surface area (Å²) in [6.45, 7) is 7.18. The van der Waals surface area contributed by atoms with Crippen molar-refractivity contribution < 1.29 is 4.74 Å². The molecule has 2 N–H and O–H groups in total. The summed E-state index contributed by atoms with van der Waals surface area (Å²) in [5.41, 5.74) is 7.00. The van der Waals surface area contributed by atoms with Gasteiger partial charge in [0.25, 0.3) is 0 Å². The van der Waals surface area contributed by atoms with Crippen molar-refractivity contribution in [2.24, 2.45) is 11.7 Å². The van der Waals surface area contributed by atoms with Crippen molar-refractivity contribution in [3.63, 3.8) is 0 Å². The van der Waals surface area contributed by atoms with Gasteiger partial charge in [0.2, 0.25) is 0 Å². The predicted molar refractivity (Wildman–Crippen MR) is 68.6 cm³/mol. The summed E-state index contributed by atoms with van der Waals surface area (Å²) < 4.78 is 5.86. The van der Waals surface area contributed by atoms with Gasteiger partial charge in [0.1, 0.15) is 5.75 Å². The maximum atomic E-state index is 5.91. The molecule has 0 amide bonds. The normalized spacial score (nSPS) is 12.8. The molecule has 0 aliphatic rings. The molecule has 0 saturated carbocycles. The third kappa shape index (κ3) is 3.53. The van der Waals surface area contributed by atoms with Gasteiger partial charge >= 0.3 is 0 Å². The predicted octanol–water partition coefficient (Wildman–Crippen LogP) is 3.52. The molecule has 1 aromatic carbocycles. The minimum Gasteiger partial charge on any atom is -0.493 e. The minimum absolute atomic E-state index is 0.0258. The zero-order chi connectivity index (χ0) is 12.0. The van der Waals surface area contributed by atoms with Gasteiger partial charge in [-0.15, -0.1) is 0 Å². The summed E-state index contributed by atoms with van der Waals surface area (Å²) in [4.78, 5) is 0. The highest BCUT2D eigenvalue weighted by Gasteiger charge is 2.09. The topological polar surface area (TPSA) is 35.2 Å². The van der Waals surface area contributed by atoms with Gasteiger partial charge in [0.15, 0.2) is 0 Å². The molecule has 1 rings (SSSR count). The van der Waals surface area contributed by atoms with Crippen LogP contribution >= 0.6 is 0 Å². The van der Waals surface area contributed by atoms with Crippen LogP contribution in [-0.2, 0) is 0 Å². The minimum atomic E-state index is 0.0258. The van der Waals surface area contributed by atoms with Gasteiger partial charge < -0.3 is 10.5 Å². The van der Waals surface area contributed by atoms with E-state index in [1.807, 2.05) is 31.2 Å². The summed E-state index contributed by atoms with van der Waals surface area (Å²) in [6, 6.07) is 8.06. The highest BCUT2D eigenvalue weighted by molar-refractivity contribution is 5.35. The first kappa shape index (κ1) is 13.0. The number of benzene rings is 1. The fourth-order valence-electron chi connectivity index (χ4n) is 1.72. The lowest BCUT2D eigenvalue weighted by molar-refractivity contribution is 0.238. The van der Waals surface area contributed by atoms with E-state index in [1.54, 1.807) is 0 Å². The molecule has 0 aromatic heterocycles. The molecule has 1 atom stereocenters. The van der Waals surface area contributed by atoms with Crippen LogP contribution in [0.15, 0.2) is 24.3 Å². The smallest absolute Gasteiger partial charge is 0.124 e. The average Bonchev–Trinajstić information content (AvgIpc) is 2.30. The van der Waals surface area contributed by atoms with Crippen LogP contribution in [0.1, 0.15) is 45.2 Å². The van der Waals surface area contributed by atoms with Crippen molar-refractivity contribution in [2.75, 3.05) is 6.61 Å². The Morgan fingerprint density at radius 1 is 1.19 bits per heavy atom. The van der Waals surface area contributed by atoms with Gasteiger partial charge in [-0.3, -0.25) is 0 Å². The summed E-state index contributed by atoms with van der Waals surface area (Å²) in [5, 5.41) is 0. The molecule has 1 aromatic rings. The van der Waals surface area contributed by atoms with E-state index in [-0.39, 0.29) is 6.04 Å². The standard InChI is InChI=1S/C14H23NO/c1-4-12(5-2)10-16-14-9-7-6-8-13(14)11(3)15/h6-9,11-12H,4-5,10,15H2,1-3H3. The molecule has 0 aliphatic heterocycles. The average molecular weight is 221 g/mol. The van der Waals surface area contributed by atoms with E-state index >= 15 is 0 Å². The van der Waals surface area contributed by atoms with Crippen LogP contribution < -0.4 is 10.5 Å². The van der Waals surface area contributed by atoms with E-state index in [0.717, 1.165) is 30.8 Å². The lowest BCUT2D eigenvalue weighted by Gasteiger charge is -2.17. The largest absolute Gasteiger partial charge is 0.493 e. The lowest BCUT2D eigenvalue weighted by Crippen LogP contribution is -2.13. The summed E-state index contributed by atoms with van der Waals surface area (Å²) in [5.74, 6) is 1.57. The molecule has 0 fully saturated rings. The van der Waals surface area contributed by atoms with Gasteiger partial charge in [-0.1, -0.05) is 44.9 Å². The van der Waals surface area contributed by atoms with Crippen molar-refractivity contribution in [1.29, 1.82) is 0 Å². The first-order valence-electron chi connectivity index (χ1n) is 6.16. The molecule has 0 aliphatic carbocycles. The number of hydrogen-bond acceptors (Lipinski definition) is 2. The zero-order valence-electron chi connectivity index (χ0n) is 10.6. The first-order valence-corrected chi connectivity index (χ1v) is 6.16. The third-order valence-corrected chi connectivity index (χ3v) is 3.04. The Bertz CT molecular complexity index is 305. The molecule has 0 heterocycles. The Labute approximate surface area is 98.8 Å². The summed E-state index contributed by atoms with van der Waals surface area (Å²) >= 11 is 0. The van der Waals surface area contributed by atoms with Crippen molar-refractivity contribution in [3.05, 3.63) is 29.8 Å². The molecular weight excluding hydrogens is 198 g/mol. The van der Waals surface area contributed by atoms with Crippen LogP contribution in [-0.4, -0.2) is 6.61 Å². The van der Waals surface area contributed by atoms with Crippen molar-refractivity contribution in [3.8, 4) is 5.75 Å². The lowest BCUT2D eigenvalue weighted by atomic mass is 10.0. The summed E-state index contributed by atoms with van der Waals surface area (Å²) in [6.07, 6.45) is 2.33. The fraction of sp³-hybridized carbons (Fsp3) is 0.571. The molecule has 0 radical (unpaired) electrons. The molecule has 2 nitrogen and oxygen atoms in total. The van der Waals surface area contributed by atoms with Gasteiger partial charge in [0, 0.05) is 11.6 Å². The van der Waals surface area contributed by atoms with E-state index in [0.29, 0.717) is 5.92 Å². The number of para-hydroxylation sites is 1. The maximum Gasteiger partial charge on any atom is 0.124 e. The van der Waals surface area contributed by atoms with E-state index in [2.05, 4.69) is 13.8 Å². The molecule has 0 bridgehead atoms. The molecule has 0 saturated heterocycles. The van der Waals surface area contributed by atoms with Crippen molar-refractivity contribution in [1.82, 2.24) is 0 Å². The molecule has 16 heavy (non-hydrogen) atoms. The van der Waals surface area contributed by atoms with E-state index in [9.17, 15) is 0 Å². The highest BCUT2D eigenvalue weighted by atomic mass is 16.5. The molecule has 90 valence electrons. The van der Waals surface area contributed by atoms with Gasteiger partial charge in [-0.25, -0.2) is 0 Å². The number of hydrogen-bond donors (Lipinski definition) is 1. The Kier molecular flexibility index (Phi) is 5.33. The van der Waals surface area contributed by atoms with Crippen LogP contribution in [0.3, 0.4) is 0 Å². The quantitative estimate of drug-likeness (QED) is 0.797. The Balaban J connectivity index is 2.66. The van der Waals surface area contributed by atoms with Crippen molar-refractivity contribution >= 4 is 0 Å². The first-order chi connectivity index (χ1) is 7.69. The van der Waals surface area contributed by atoms with Crippen LogP contribution in [0.5, 0.6) is 5.75 Å². The second-order valence-electron chi connectivity index (χ2n) is 4.32. The monoisotopic (exact) mass is 221 g/mol. The molecule has 2 heteroatoms. The van der Waals surface area contributed by atoms with Gasteiger partial charge in [-0.05, 0) is 18.9 Å². The van der Waals surface area contributed by atoms with E-state index < -0.39 is 0 Å². The summed E-state index contributed by atoms with van der Waals surface area (Å²) in [7, 11) is 0.